The van der Waals surface area contributed by atoms with Crippen molar-refractivity contribution in [3.8, 4) is 45.4 Å². The number of halogens is 12. The van der Waals surface area contributed by atoms with Gasteiger partial charge in [-0.05, 0) is 149 Å². The molecule has 8 atom stereocenters. The predicted octanol–water partition coefficient (Wildman–Crippen LogP) is 14.2. The molecular formula is C93H92Cl3F9N24O12. The van der Waals surface area contributed by atoms with Gasteiger partial charge in [0, 0.05) is 154 Å². The van der Waals surface area contributed by atoms with Gasteiger partial charge in [-0.25, -0.2) is 49.1 Å². The Morgan fingerprint density at radius 2 is 0.950 bits per heavy atom. The highest BCUT2D eigenvalue weighted by Crippen LogP contribution is 2.50. The van der Waals surface area contributed by atoms with Crippen LogP contribution in [0.1, 0.15) is 67.6 Å². The number of amides is 8. The summed E-state index contributed by atoms with van der Waals surface area (Å²) in [4.78, 5) is 116. The molecule has 0 aliphatic carbocycles. The lowest BCUT2D eigenvalue weighted by atomic mass is 10.1. The number of aliphatic hydroxyl groups excluding tert-OH is 6. The number of carbonyl (C=O) groups is 4. The fourth-order valence-electron chi connectivity index (χ4n) is 18.1. The Kier molecular flexibility index (Phi) is 29.5. The van der Waals surface area contributed by atoms with Gasteiger partial charge in [0.2, 0.25) is 5.88 Å². The average Bonchev–Trinajstić information content (AvgIpc) is 1.63. The van der Waals surface area contributed by atoms with Gasteiger partial charge in [-0.15, -0.1) is 0 Å². The number of nitrogens with one attached hydrogen (secondary N) is 4. The lowest BCUT2D eigenvalue weighted by Crippen LogP contribution is -2.49. The molecule has 48 heteroatoms. The fourth-order valence-corrected chi connectivity index (χ4v) is 18.8. The van der Waals surface area contributed by atoms with Crippen LogP contribution in [-0.2, 0) is 18.8 Å². The van der Waals surface area contributed by atoms with E-state index in [-0.39, 0.29) is 113 Å². The van der Waals surface area contributed by atoms with Crippen LogP contribution >= 0.6 is 34.8 Å². The zero-order valence-electron chi connectivity index (χ0n) is 74.9. The van der Waals surface area contributed by atoms with E-state index in [1.165, 1.54) is 57.8 Å². The van der Waals surface area contributed by atoms with Gasteiger partial charge in [0.05, 0.1) is 129 Å². The molecule has 5 fully saturated rings. The highest BCUT2D eigenvalue weighted by Gasteiger charge is 2.50. The van der Waals surface area contributed by atoms with Crippen LogP contribution in [0.5, 0.6) is 11.6 Å². The number of aromatic nitrogens is 11. The van der Waals surface area contributed by atoms with Crippen molar-refractivity contribution in [2.24, 2.45) is 0 Å². The van der Waals surface area contributed by atoms with Crippen molar-refractivity contribution in [3.63, 3.8) is 0 Å². The Morgan fingerprint density at radius 3 is 1.48 bits per heavy atom. The van der Waals surface area contributed by atoms with E-state index in [9.17, 15) is 74.0 Å². The first-order valence-electron chi connectivity index (χ1n) is 44.9. The van der Waals surface area contributed by atoms with Crippen LogP contribution in [0.25, 0.3) is 33.8 Å². The van der Waals surface area contributed by atoms with Crippen LogP contribution in [0.3, 0.4) is 0 Å². The predicted molar refractivity (Wildman–Crippen MR) is 507 cm³/mol. The summed E-state index contributed by atoms with van der Waals surface area (Å²) in [5.74, 6) is 2.70. The number of alkyl halides is 9. The summed E-state index contributed by atoms with van der Waals surface area (Å²) in [7, 11) is 0. The minimum atomic E-state index is -4.63. The second-order valence-electron chi connectivity index (χ2n) is 34.4. The molecule has 8 amide bonds. The van der Waals surface area contributed by atoms with Crippen molar-refractivity contribution < 1.29 is 98.8 Å². The molecule has 11 aromatic heterocycles. The molecule has 0 spiro atoms. The molecular weight excluding hydrogens is 1920 g/mol. The number of hydrogen-bond donors (Lipinski definition) is 10. The van der Waals surface area contributed by atoms with E-state index in [1.807, 2.05) is 30.0 Å². The summed E-state index contributed by atoms with van der Waals surface area (Å²) >= 11 is 19.6. The Labute approximate surface area is 813 Å². The Balaban J connectivity index is 0.000000130. The number of ether oxygens (including phenoxy) is 2. The first kappa shape index (κ1) is 98.9. The minimum Gasteiger partial charge on any atom is -0.489 e. The van der Waals surface area contributed by atoms with Gasteiger partial charge in [-0.2, -0.15) is 39.5 Å². The number of anilines is 13. The Hall–Kier alpha value is -13.7. The maximum absolute atomic E-state index is 13.5. The van der Waals surface area contributed by atoms with E-state index < -0.39 is 79.4 Å². The highest BCUT2D eigenvalue weighted by atomic mass is 35.5. The first-order chi connectivity index (χ1) is 67.6. The molecule has 20 rings (SSSR count). The van der Waals surface area contributed by atoms with Gasteiger partial charge in [-0.3, -0.25) is 49.8 Å². The summed E-state index contributed by atoms with van der Waals surface area (Å²) in [5, 5.41) is 67.6. The summed E-state index contributed by atoms with van der Waals surface area (Å²) < 4.78 is 131. The van der Waals surface area contributed by atoms with Crippen LogP contribution in [0, 0.1) is 6.92 Å². The number of urea groups is 4. The van der Waals surface area contributed by atoms with Crippen molar-refractivity contribution in [1.29, 1.82) is 0 Å². The van der Waals surface area contributed by atoms with Gasteiger partial charge >= 0.3 is 42.7 Å². The van der Waals surface area contributed by atoms with Gasteiger partial charge in [0.1, 0.15) is 54.5 Å². The van der Waals surface area contributed by atoms with Crippen molar-refractivity contribution >= 4 is 134 Å². The van der Waals surface area contributed by atoms with Gasteiger partial charge in [0.15, 0.2) is 23.3 Å². The molecule has 9 aliphatic heterocycles. The van der Waals surface area contributed by atoms with Crippen LogP contribution in [0.15, 0.2) is 165 Å². The Morgan fingerprint density at radius 1 is 0.454 bits per heavy atom. The lowest BCUT2D eigenvalue weighted by Gasteiger charge is -2.37. The van der Waals surface area contributed by atoms with Gasteiger partial charge < -0.3 is 80.6 Å². The van der Waals surface area contributed by atoms with Crippen LogP contribution in [-0.4, -0.2) is 256 Å². The number of carbonyl (C=O) groups excluding carboxylic acids is 4. The van der Waals surface area contributed by atoms with Crippen molar-refractivity contribution in [2.75, 3.05) is 157 Å². The van der Waals surface area contributed by atoms with Crippen LogP contribution in [0.4, 0.5) is 133 Å². The van der Waals surface area contributed by atoms with Crippen molar-refractivity contribution in [2.45, 2.75) is 125 Å². The van der Waals surface area contributed by atoms with Crippen molar-refractivity contribution in [3.05, 3.63) is 203 Å². The molecule has 20 heterocycles. The number of rotatable bonds is 20. The number of aryl methyl sites for hydroxylation is 2. The van der Waals surface area contributed by atoms with Gasteiger partial charge in [-0.1, -0.05) is 40.9 Å². The molecule has 10 N–H and O–H groups in total. The number of fused-ring (bicyclic) bond motifs is 16. The Bertz CT molecular complexity index is 6240. The lowest BCUT2D eigenvalue weighted by molar-refractivity contribution is -0.146. The maximum atomic E-state index is 13.5. The SMILES string of the molecule is Cc1cc(-c2nc3c(cc2Cl)N2CC[C@@H](C2)N3C(=O)Nc2cncc(OC[C@@H](O)CO)c2)ccn1.O=C(Nc1ccccn1)N1c2nc(N3CCC[C@H]3C(F)(F)F)ccc2N2CC[C@H]1C2.O=C(Nc1ccnc(CC[C@@H](O)CO)c1)N1c2nc(-c3ccnc(C(F)(F)F)c3)c(Cl)cc2N2CC[C@H]1C2.O=C(Nc1ccnc(OC[C@@H](O)CO)c1)N1c2nc(-c3cncc(C(F)(F)F)c3)c(Cl)cc2N2CC[C@H]1C2. The van der Waals surface area contributed by atoms with Gasteiger partial charge in [0.25, 0.3) is 0 Å². The third-order valence-electron chi connectivity index (χ3n) is 24.8. The second kappa shape index (κ2) is 42.0. The molecule has 740 valence electrons. The summed E-state index contributed by atoms with van der Waals surface area (Å²) in [5.41, 5.74) is 5.39. The van der Waals surface area contributed by atoms with Crippen LogP contribution in [0.2, 0.25) is 15.1 Å². The van der Waals surface area contributed by atoms with E-state index in [2.05, 4.69) is 85.8 Å². The number of aliphatic hydroxyl groups is 6. The largest absolute Gasteiger partial charge is 0.489 e. The van der Waals surface area contributed by atoms with E-state index in [1.54, 1.807) is 88.9 Å². The van der Waals surface area contributed by atoms with E-state index >= 15 is 0 Å². The molecule has 36 nitrogen and oxygen atoms in total. The molecule has 141 heavy (non-hydrogen) atoms. The van der Waals surface area contributed by atoms with Crippen LogP contribution < -0.4 is 74.8 Å². The third kappa shape index (κ3) is 22.2. The quantitative estimate of drug-likeness (QED) is 0.0317. The summed E-state index contributed by atoms with van der Waals surface area (Å²) in [6, 6.07) is 24.9. The molecule has 0 saturated carbocycles. The van der Waals surface area contributed by atoms with E-state index in [0.29, 0.717) is 152 Å². The fraction of sp³-hybridized carbons (Fsp3) is 0.366. The zero-order valence-corrected chi connectivity index (χ0v) is 77.1. The summed E-state index contributed by atoms with van der Waals surface area (Å²) in [6.07, 6.45) is -0.0723. The maximum Gasteiger partial charge on any atom is 0.433 e. The zero-order chi connectivity index (χ0) is 99.5. The topological polar surface area (TPSA) is 427 Å². The van der Waals surface area contributed by atoms with E-state index in [4.69, 9.17) is 64.6 Å². The van der Waals surface area contributed by atoms with Crippen molar-refractivity contribution in [1.82, 2.24) is 54.8 Å². The second-order valence-corrected chi connectivity index (χ2v) is 35.7. The molecule has 9 aliphatic rings. The standard InChI is InChI=1S/C25H24ClF3N6O3.C24H22ClF3N6O4.C24H25ClN6O4.C20H21F3N6O/c26-19-11-20-23(33-22(19)14-3-6-31-21(9-14)25(27,28)29)35(17-5-8-34(20)12-17)24(38)32-16-4-7-30-15(10-16)1-2-18(37)13-36;25-18-7-19-22(32-21(18)13-5-14(9-29-8-13)24(26,27)28)34(16-2-4-33(19)10-16)23(37)31-15-1-3-30-20(6-15)38-12-17(36)11-35;1-14-6-15(2-4-27-14)22-20(25)8-21-23(29-22)31(17-3-5-30(21)11-17)24(34)28-16-7-19(10-26-9-16)35-13-18(33)12-32;21-20(22,23)15-4-3-10-28(15)17-7-6-14-18(26-17)29(13-8-11-27(14)12-13)19(30)25-16-5-1-2-9-24-16/h3-4,6-7,9-11,17-18,36-37H,1-2,5,8,12-13H2,(H,30,32,38);1,3,5-9,16-17,35-36H,2,4,10-12H2,(H,30,31,37);2,4,6-10,17-18,32-33H,3,5,11-13H2,1H3,(H,28,34);1-2,5-7,9,13,15H,3-4,8,10-12H2,(H,24,25,30)/t17-,18+;16-,17-;17-,18-;13-,15-/m0000/s1. The normalized spacial score (nSPS) is 18.5. The minimum absolute atomic E-state index is 0.0321. The number of pyridine rings is 11. The average molecular weight is 2020 g/mol. The number of nitrogens with zero attached hydrogens (tertiary/aromatic N) is 20. The molecule has 11 aromatic rings. The number of hydrogen-bond acceptors (Lipinski definition) is 28. The molecule has 8 bridgehead atoms. The molecule has 0 aromatic carbocycles. The molecule has 0 radical (unpaired) electrons. The first-order valence-corrected chi connectivity index (χ1v) is 46.0. The molecule has 0 unspecified atom stereocenters. The molecule has 5 saturated heterocycles. The van der Waals surface area contributed by atoms with E-state index in [0.717, 1.165) is 73.1 Å². The summed E-state index contributed by atoms with van der Waals surface area (Å²) in [6.45, 7) is 6.12. The monoisotopic (exact) mass is 2010 g/mol. The third-order valence-corrected chi connectivity index (χ3v) is 25.7. The smallest absolute Gasteiger partial charge is 0.433 e. The highest BCUT2D eigenvalue weighted by molar-refractivity contribution is 6.34.